The molecule has 0 aliphatic heterocycles. The number of ketones is 1. The van der Waals surface area contributed by atoms with Gasteiger partial charge < -0.3 is 30.3 Å². The zero-order valence-corrected chi connectivity index (χ0v) is 16.1. The van der Waals surface area contributed by atoms with Crippen molar-refractivity contribution in [2.75, 3.05) is 0 Å². The molecule has 1 rings (SSSR count). The van der Waals surface area contributed by atoms with Crippen molar-refractivity contribution in [1.82, 2.24) is 0 Å². The molecule has 0 heterocycles. The van der Waals surface area contributed by atoms with Gasteiger partial charge in [0.1, 0.15) is 0 Å². The van der Waals surface area contributed by atoms with Crippen molar-refractivity contribution < 1.29 is 138 Å². The molecular formula is C9H8K2O7. The van der Waals surface area contributed by atoms with E-state index in [0.717, 1.165) is 0 Å². The number of benzene rings is 1. The van der Waals surface area contributed by atoms with Gasteiger partial charge in [0.25, 0.3) is 5.78 Å². The molecule has 1 aromatic rings. The fraction of sp³-hybridized carbons (Fsp3) is 0.111. The number of carboxylic acid groups (broad SMARTS) is 2. The first-order chi connectivity index (χ1) is 7.25. The zero-order valence-electron chi connectivity index (χ0n) is 9.86. The molecule has 0 bridgehead atoms. The van der Waals surface area contributed by atoms with E-state index >= 15 is 0 Å². The Kier molecular flexibility index (Phi) is 16.3. The average Bonchev–Trinajstić information content (AvgIpc) is 2.16. The van der Waals surface area contributed by atoms with Gasteiger partial charge in [-0.15, -0.1) is 0 Å². The predicted molar refractivity (Wildman–Crippen MR) is 45.6 cm³/mol. The minimum Gasteiger partial charge on any atom is -0.652 e. The number of carbonyl (C=O) groups is 2. The van der Waals surface area contributed by atoms with Crippen LogP contribution >= 0.6 is 0 Å². The number of hydrogen-bond acceptors (Lipinski definition) is 7. The number of aliphatic hydroxyl groups is 3. The normalized spacial score (nSPS) is 8.83. The maximum atomic E-state index is 10.9. The minimum absolute atomic E-state index is 0. The van der Waals surface area contributed by atoms with Gasteiger partial charge in [0.15, 0.2) is 0 Å². The quantitative estimate of drug-likeness (QED) is 0.280. The molecule has 0 spiro atoms. The van der Waals surface area contributed by atoms with Gasteiger partial charge in [-0.25, -0.2) is 0 Å². The SMILES string of the molecule is O=C([O-])[O-].O=C(c1ccccc1)C(O)(O)O.[K+].[K+]. The van der Waals surface area contributed by atoms with E-state index in [1.165, 1.54) is 12.1 Å². The van der Waals surface area contributed by atoms with Crippen LogP contribution in [0.4, 0.5) is 4.79 Å². The van der Waals surface area contributed by atoms with Gasteiger partial charge in [0.2, 0.25) is 0 Å². The molecule has 0 unspecified atom stereocenters. The van der Waals surface area contributed by atoms with Crippen LogP contribution in [0.15, 0.2) is 30.3 Å². The standard InChI is InChI=1S/C8H8O4.CH2O3.2K/c9-7(8(10,11)12)6-4-2-1-3-5-6;2-1(3)4;;/h1-5,10-12H;(H2,2,3,4);;/q;;2*+1/p-2. The third-order valence-electron chi connectivity index (χ3n) is 1.34. The topological polar surface area (TPSA) is 141 Å². The van der Waals surface area contributed by atoms with Gasteiger partial charge in [-0.1, -0.05) is 30.3 Å². The summed E-state index contributed by atoms with van der Waals surface area (Å²) in [5.41, 5.74) is 0.0463. The largest absolute Gasteiger partial charge is 1.00 e. The molecule has 1 aromatic carbocycles. The number of hydrogen-bond donors (Lipinski definition) is 3. The van der Waals surface area contributed by atoms with Crippen LogP contribution in [0, 0.1) is 0 Å². The molecule has 0 atom stereocenters. The van der Waals surface area contributed by atoms with Crippen LogP contribution in [0.3, 0.4) is 0 Å². The summed E-state index contributed by atoms with van der Waals surface area (Å²) < 4.78 is 0. The number of rotatable bonds is 2. The first-order valence-corrected chi connectivity index (χ1v) is 3.90. The van der Waals surface area contributed by atoms with Gasteiger partial charge in [0, 0.05) is 5.56 Å². The van der Waals surface area contributed by atoms with Crippen LogP contribution < -0.4 is 113 Å². The summed E-state index contributed by atoms with van der Waals surface area (Å²) in [5.74, 6) is -4.41. The van der Waals surface area contributed by atoms with Crippen LogP contribution in [0.5, 0.6) is 0 Å². The van der Waals surface area contributed by atoms with Crippen molar-refractivity contribution in [3.8, 4) is 0 Å². The van der Waals surface area contributed by atoms with E-state index in [4.69, 9.17) is 30.3 Å². The van der Waals surface area contributed by atoms with Crippen molar-refractivity contribution in [2.24, 2.45) is 0 Å². The summed E-state index contributed by atoms with van der Waals surface area (Å²) in [6, 6.07) is 7.53. The van der Waals surface area contributed by atoms with E-state index in [1.807, 2.05) is 0 Å². The average molecular weight is 306 g/mol. The van der Waals surface area contributed by atoms with E-state index < -0.39 is 17.9 Å². The second-order valence-corrected chi connectivity index (χ2v) is 2.58. The second-order valence-electron chi connectivity index (χ2n) is 2.58. The van der Waals surface area contributed by atoms with Crippen LogP contribution in [-0.4, -0.2) is 33.2 Å². The Bertz CT molecular complexity index is 357. The number of Topliss-reactive ketones (excluding diaryl/α,β-unsaturated/α-hetero) is 1. The summed E-state index contributed by atoms with van der Waals surface area (Å²) >= 11 is 0. The summed E-state index contributed by atoms with van der Waals surface area (Å²) in [7, 11) is 0. The van der Waals surface area contributed by atoms with Gasteiger partial charge in [-0.05, 0) is 6.16 Å². The zero-order chi connectivity index (χ0) is 12.8. The van der Waals surface area contributed by atoms with E-state index in [-0.39, 0.29) is 108 Å². The molecule has 0 amide bonds. The Morgan fingerprint density at radius 2 is 1.28 bits per heavy atom. The van der Waals surface area contributed by atoms with Gasteiger partial charge in [-0.3, -0.25) is 4.79 Å². The summed E-state index contributed by atoms with van der Waals surface area (Å²) in [5, 5.41) is 42.2. The maximum Gasteiger partial charge on any atom is 1.00 e. The first kappa shape index (κ1) is 24.3. The van der Waals surface area contributed by atoms with E-state index in [1.54, 1.807) is 18.2 Å². The predicted octanol–water partition coefficient (Wildman–Crippen LogP) is -8.94. The van der Waals surface area contributed by atoms with Crippen molar-refractivity contribution >= 4 is 11.9 Å². The maximum absolute atomic E-state index is 10.9. The molecule has 9 heteroatoms. The molecule has 88 valence electrons. The molecule has 0 aliphatic rings. The molecule has 0 saturated heterocycles. The van der Waals surface area contributed by atoms with E-state index in [2.05, 4.69) is 0 Å². The van der Waals surface area contributed by atoms with Gasteiger partial charge in [0.05, 0.1) is 0 Å². The Morgan fingerprint density at radius 3 is 1.56 bits per heavy atom. The second kappa shape index (κ2) is 12.1. The third-order valence-corrected chi connectivity index (χ3v) is 1.34. The van der Waals surface area contributed by atoms with Crippen LogP contribution in [0.1, 0.15) is 10.4 Å². The smallest absolute Gasteiger partial charge is 0.652 e. The Balaban J connectivity index is -0.000000332. The molecule has 0 aromatic heterocycles. The molecule has 3 N–H and O–H groups in total. The van der Waals surface area contributed by atoms with Crippen LogP contribution in [0.2, 0.25) is 0 Å². The molecule has 0 aliphatic carbocycles. The minimum atomic E-state index is -3.28. The van der Waals surface area contributed by atoms with Crippen molar-refractivity contribution in [1.29, 1.82) is 0 Å². The Morgan fingerprint density at radius 1 is 0.944 bits per heavy atom. The fourth-order valence-corrected chi connectivity index (χ4v) is 0.783. The Hall–Kier alpha value is 1.31. The number of carbonyl (C=O) groups excluding carboxylic acids is 2. The van der Waals surface area contributed by atoms with Gasteiger partial charge in [-0.2, -0.15) is 0 Å². The fourth-order valence-electron chi connectivity index (χ4n) is 0.783. The summed E-state index contributed by atoms with van der Waals surface area (Å²) in [6.07, 6.45) is -2.33. The summed E-state index contributed by atoms with van der Waals surface area (Å²) in [4.78, 5) is 19.2. The van der Waals surface area contributed by atoms with Crippen molar-refractivity contribution in [3.05, 3.63) is 35.9 Å². The molecule has 0 saturated carbocycles. The Labute approximate surface area is 188 Å². The van der Waals surface area contributed by atoms with Crippen LogP contribution in [-0.2, 0) is 0 Å². The van der Waals surface area contributed by atoms with Crippen molar-refractivity contribution in [3.63, 3.8) is 0 Å². The molecule has 18 heavy (non-hydrogen) atoms. The van der Waals surface area contributed by atoms with E-state index in [0.29, 0.717) is 0 Å². The molecule has 0 radical (unpaired) electrons. The molecule has 7 nitrogen and oxygen atoms in total. The first-order valence-electron chi connectivity index (χ1n) is 3.90. The van der Waals surface area contributed by atoms with Gasteiger partial charge >= 0.3 is 109 Å². The molecular weight excluding hydrogens is 298 g/mol. The van der Waals surface area contributed by atoms with Crippen LogP contribution in [0.25, 0.3) is 0 Å². The third kappa shape index (κ3) is 12.4. The van der Waals surface area contributed by atoms with E-state index in [9.17, 15) is 4.79 Å². The molecule has 0 fully saturated rings. The van der Waals surface area contributed by atoms with Crippen molar-refractivity contribution in [2.45, 2.75) is 5.97 Å². The monoisotopic (exact) mass is 306 g/mol. The summed E-state index contributed by atoms with van der Waals surface area (Å²) in [6.45, 7) is 0.